The fraction of sp³-hybridized carbons (Fsp3) is 0.391. The molecule has 0 radical (unpaired) electrons. The number of carbonyl (C=O) groups excluding carboxylic acids is 1. The van der Waals surface area contributed by atoms with E-state index in [4.69, 9.17) is 26.3 Å². The van der Waals surface area contributed by atoms with Crippen molar-refractivity contribution >= 4 is 33.2 Å². The average molecular weight is 492 g/mol. The van der Waals surface area contributed by atoms with Crippen LogP contribution in [0.25, 0.3) is 0 Å². The smallest absolute Gasteiger partial charge is 0.262 e. The van der Waals surface area contributed by atoms with Gasteiger partial charge in [0, 0.05) is 13.1 Å². The Bertz CT molecular complexity index is 1160. The molecular formula is C23H26ClN3O5S. The Balaban J connectivity index is 1.78. The number of nitriles is 1. The number of halogens is 1. The molecule has 0 saturated carbocycles. The molecule has 0 unspecified atom stereocenters. The second-order valence-electron chi connectivity index (χ2n) is 7.88. The quantitative estimate of drug-likeness (QED) is 0.593. The van der Waals surface area contributed by atoms with Gasteiger partial charge < -0.3 is 14.8 Å². The zero-order valence-corrected chi connectivity index (χ0v) is 20.1. The van der Waals surface area contributed by atoms with Gasteiger partial charge in [0.2, 0.25) is 10.0 Å². The standard InChI is InChI=1S/C23H26ClN3O5S/c1-16(2)32-22-9-7-18(33(29,30)27-10-4-3-5-11-27)13-20(22)26-23(28)15-31-21-8-6-17(14-25)12-19(21)24/h6-9,12-13,16H,3-5,10-11,15H2,1-2H3,(H,26,28). The monoisotopic (exact) mass is 491 g/mol. The molecule has 1 fully saturated rings. The first-order chi connectivity index (χ1) is 15.7. The van der Waals surface area contributed by atoms with Gasteiger partial charge in [-0.15, -0.1) is 0 Å². The number of carbonyl (C=O) groups is 1. The Kier molecular flexibility index (Phi) is 8.19. The van der Waals surface area contributed by atoms with E-state index in [0.29, 0.717) is 24.4 Å². The van der Waals surface area contributed by atoms with Crippen molar-refractivity contribution in [2.75, 3.05) is 25.0 Å². The van der Waals surface area contributed by atoms with Crippen LogP contribution in [-0.4, -0.2) is 44.4 Å². The summed E-state index contributed by atoms with van der Waals surface area (Å²) < 4.78 is 38.8. The molecule has 2 aromatic carbocycles. The summed E-state index contributed by atoms with van der Waals surface area (Å²) in [6.45, 7) is 4.26. The van der Waals surface area contributed by atoms with Gasteiger partial charge in [-0.1, -0.05) is 18.0 Å². The fourth-order valence-electron chi connectivity index (χ4n) is 3.40. The third-order valence-electron chi connectivity index (χ3n) is 4.96. The van der Waals surface area contributed by atoms with E-state index in [1.165, 1.54) is 34.6 Å². The Hall–Kier alpha value is -2.80. The van der Waals surface area contributed by atoms with E-state index in [1.54, 1.807) is 6.07 Å². The minimum Gasteiger partial charge on any atom is -0.489 e. The van der Waals surface area contributed by atoms with E-state index in [0.717, 1.165) is 19.3 Å². The van der Waals surface area contributed by atoms with Crippen molar-refractivity contribution < 1.29 is 22.7 Å². The zero-order valence-electron chi connectivity index (χ0n) is 18.5. The molecule has 8 nitrogen and oxygen atoms in total. The number of piperidine rings is 1. The molecule has 1 aliphatic heterocycles. The van der Waals surface area contributed by atoms with Gasteiger partial charge in [-0.3, -0.25) is 4.79 Å². The minimum atomic E-state index is -3.68. The number of hydrogen-bond acceptors (Lipinski definition) is 6. The van der Waals surface area contributed by atoms with Gasteiger partial charge in [-0.2, -0.15) is 9.57 Å². The molecule has 2 aromatic rings. The summed E-state index contributed by atoms with van der Waals surface area (Å²) in [5.41, 5.74) is 0.611. The van der Waals surface area contributed by atoms with Crippen LogP contribution in [0.2, 0.25) is 5.02 Å². The topological polar surface area (TPSA) is 109 Å². The SMILES string of the molecule is CC(C)Oc1ccc(S(=O)(=O)N2CCCCC2)cc1NC(=O)COc1ccc(C#N)cc1Cl. The van der Waals surface area contributed by atoms with E-state index >= 15 is 0 Å². The molecule has 1 aliphatic rings. The Labute approximate surface area is 199 Å². The number of amides is 1. The van der Waals surface area contributed by atoms with E-state index in [2.05, 4.69) is 5.32 Å². The molecule has 0 spiro atoms. The molecular weight excluding hydrogens is 466 g/mol. The number of rotatable bonds is 8. The lowest BCUT2D eigenvalue weighted by Crippen LogP contribution is -2.35. The van der Waals surface area contributed by atoms with Crippen molar-refractivity contribution in [3.8, 4) is 17.6 Å². The molecule has 1 heterocycles. The van der Waals surface area contributed by atoms with Gasteiger partial charge in [0.15, 0.2) is 6.61 Å². The molecule has 0 aliphatic carbocycles. The normalized spacial score (nSPS) is 14.5. The van der Waals surface area contributed by atoms with Crippen molar-refractivity contribution in [1.29, 1.82) is 5.26 Å². The number of anilines is 1. The van der Waals surface area contributed by atoms with Gasteiger partial charge in [-0.25, -0.2) is 8.42 Å². The number of nitrogens with one attached hydrogen (secondary N) is 1. The van der Waals surface area contributed by atoms with Crippen molar-refractivity contribution in [2.45, 2.75) is 44.1 Å². The third-order valence-corrected chi connectivity index (χ3v) is 7.15. The lowest BCUT2D eigenvalue weighted by Gasteiger charge is -2.26. The van der Waals surface area contributed by atoms with Gasteiger partial charge in [-0.05, 0) is 63.1 Å². The molecule has 1 amide bonds. The summed E-state index contributed by atoms with van der Waals surface area (Å²) in [5, 5.41) is 11.8. The van der Waals surface area contributed by atoms with Gasteiger partial charge in [0.25, 0.3) is 5.91 Å². The van der Waals surface area contributed by atoms with E-state index < -0.39 is 15.9 Å². The van der Waals surface area contributed by atoms with Crippen LogP contribution in [0.5, 0.6) is 11.5 Å². The number of ether oxygens (including phenoxy) is 2. The van der Waals surface area contributed by atoms with E-state index in [-0.39, 0.29) is 34.1 Å². The predicted octanol–water partition coefficient (Wildman–Crippen LogP) is 4.19. The maximum absolute atomic E-state index is 13.1. The maximum atomic E-state index is 13.1. The highest BCUT2D eigenvalue weighted by Gasteiger charge is 2.27. The summed E-state index contributed by atoms with van der Waals surface area (Å²) in [5.74, 6) is 0.0924. The molecule has 10 heteroatoms. The third kappa shape index (κ3) is 6.38. The molecule has 3 rings (SSSR count). The van der Waals surface area contributed by atoms with Crippen LogP contribution in [0.1, 0.15) is 38.7 Å². The first kappa shape index (κ1) is 24.8. The van der Waals surface area contributed by atoms with Gasteiger partial charge >= 0.3 is 0 Å². The first-order valence-corrected chi connectivity index (χ1v) is 12.5. The van der Waals surface area contributed by atoms with Crippen LogP contribution in [0.3, 0.4) is 0 Å². The zero-order chi connectivity index (χ0) is 24.0. The van der Waals surface area contributed by atoms with Crippen LogP contribution in [0.4, 0.5) is 5.69 Å². The molecule has 176 valence electrons. The second kappa shape index (κ2) is 10.9. The van der Waals surface area contributed by atoms with Crippen LogP contribution in [0.15, 0.2) is 41.3 Å². The largest absolute Gasteiger partial charge is 0.489 e. The number of sulfonamides is 1. The summed E-state index contributed by atoms with van der Waals surface area (Å²) >= 11 is 6.08. The van der Waals surface area contributed by atoms with Crippen molar-refractivity contribution in [3.63, 3.8) is 0 Å². The number of benzene rings is 2. The highest BCUT2D eigenvalue weighted by Crippen LogP contribution is 2.31. The lowest BCUT2D eigenvalue weighted by atomic mass is 10.2. The fourth-order valence-corrected chi connectivity index (χ4v) is 5.17. The maximum Gasteiger partial charge on any atom is 0.262 e. The lowest BCUT2D eigenvalue weighted by molar-refractivity contribution is -0.118. The highest BCUT2D eigenvalue weighted by molar-refractivity contribution is 7.89. The van der Waals surface area contributed by atoms with Crippen molar-refractivity contribution in [1.82, 2.24) is 4.31 Å². The second-order valence-corrected chi connectivity index (χ2v) is 10.2. The Morgan fingerprint density at radius 1 is 1.15 bits per heavy atom. The molecule has 0 aromatic heterocycles. The summed E-state index contributed by atoms with van der Waals surface area (Å²) in [6.07, 6.45) is 2.48. The number of nitrogens with zero attached hydrogens (tertiary/aromatic N) is 2. The Morgan fingerprint density at radius 2 is 1.85 bits per heavy atom. The van der Waals surface area contributed by atoms with Crippen LogP contribution >= 0.6 is 11.6 Å². The van der Waals surface area contributed by atoms with E-state index in [9.17, 15) is 13.2 Å². The highest BCUT2D eigenvalue weighted by atomic mass is 35.5. The van der Waals surface area contributed by atoms with Crippen molar-refractivity contribution in [2.24, 2.45) is 0 Å². The summed E-state index contributed by atoms with van der Waals surface area (Å²) in [4.78, 5) is 12.7. The Morgan fingerprint density at radius 3 is 2.48 bits per heavy atom. The molecule has 33 heavy (non-hydrogen) atoms. The van der Waals surface area contributed by atoms with Crippen LogP contribution in [-0.2, 0) is 14.8 Å². The van der Waals surface area contributed by atoms with E-state index in [1.807, 2.05) is 19.9 Å². The molecule has 1 saturated heterocycles. The van der Waals surface area contributed by atoms with Crippen molar-refractivity contribution in [3.05, 3.63) is 47.0 Å². The molecule has 1 N–H and O–H groups in total. The molecule has 0 atom stereocenters. The molecule has 0 bridgehead atoms. The average Bonchev–Trinajstić information content (AvgIpc) is 2.79. The summed E-state index contributed by atoms with van der Waals surface area (Å²) in [7, 11) is -3.68. The predicted molar refractivity (Wildman–Crippen MR) is 125 cm³/mol. The van der Waals surface area contributed by atoms with Crippen LogP contribution < -0.4 is 14.8 Å². The summed E-state index contributed by atoms with van der Waals surface area (Å²) in [6, 6.07) is 10.9. The van der Waals surface area contributed by atoms with Gasteiger partial charge in [0.1, 0.15) is 11.5 Å². The number of hydrogen-bond donors (Lipinski definition) is 1. The minimum absolute atomic E-state index is 0.0897. The van der Waals surface area contributed by atoms with Gasteiger partial charge in [0.05, 0.1) is 33.3 Å². The van der Waals surface area contributed by atoms with Crippen LogP contribution in [0, 0.1) is 11.3 Å². The first-order valence-electron chi connectivity index (χ1n) is 10.6.